The van der Waals surface area contributed by atoms with Gasteiger partial charge in [-0.05, 0) is 24.3 Å². The number of hydrogen-bond acceptors (Lipinski definition) is 4. The number of phenols is 2. The number of aromatic nitrogens is 1. The highest BCUT2D eigenvalue weighted by molar-refractivity contribution is 7.21. The topological polar surface area (TPSA) is 53.4 Å². The molecule has 2 aromatic carbocycles. The molecule has 1 heterocycles. The van der Waals surface area contributed by atoms with Crippen LogP contribution in [0.25, 0.3) is 20.8 Å². The van der Waals surface area contributed by atoms with E-state index in [9.17, 15) is 14.6 Å². The summed E-state index contributed by atoms with van der Waals surface area (Å²) in [4.78, 5) is 4.28. The average Bonchev–Trinajstić information content (AvgIpc) is 2.70. The first-order chi connectivity index (χ1) is 8.61. The zero-order chi connectivity index (χ0) is 12.7. The molecule has 3 rings (SSSR count). The van der Waals surface area contributed by atoms with Gasteiger partial charge in [0.15, 0.2) is 0 Å². The Hall–Kier alpha value is -2.14. The summed E-state index contributed by atoms with van der Waals surface area (Å²) >= 11 is 1.38. The first-order valence-corrected chi connectivity index (χ1v) is 6.03. The van der Waals surface area contributed by atoms with Gasteiger partial charge in [-0.1, -0.05) is 0 Å². The van der Waals surface area contributed by atoms with Crippen LogP contribution >= 0.6 is 11.3 Å². The second-order valence-corrected chi connectivity index (χ2v) is 4.90. The van der Waals surface area contributed by atoms with E-state index in [2.05, 4.69) is 4.98 Å². The summed E-state index contributed by atoms with van der Waals surface area (Å²) in [6.45, 7) is 0. The van der Waals surface area contributed by atoms with Crippen LogP contribution < -0.4 is 0 Å². The summed E-state index contributed by atoms with van der Waals surface area (Å²) in [6, 6.07) is 8.66. The third-order valence-corrected chi connectivity index (χ3v) is 3.58. The van der Waals surface area contributed by atoms with E-state index >= 15 is 0 Å². The first-order valence-electron chi connectivity index (χ1n) is 5.21. The lowest BCUT2D eigenvalue weighted by Gasteiger charge is -1.99. The minimum atomic E-state index is -0.335. The van der Waals surface area contributed by atoms with E-state index < -0.39 is 0 Å². The van der Waals surface area contributed by atoms with Crippen molar-refractivity contribution < 1.29 is 14.6 Å². The highest BCUT2D eigenvalue weighted by atomic mass is 32.1. The molecule has 0 radical (unpaired) electrons. The van der Waals surface area contributed by atoms with Crippen molar-refractivity contribution in [1.29, 1.82) is 0 Å². The van der Waals surface area contributed by atoms with E-state index in [1.165, 1.54) is 41.7 Å². The number of nitrogens with zero attached hydrogens (tertiary/aromatic N) is 1. The fourth-order valence-electron chi connectivity index (χ4n) is 1.74. The Balaban J connectivity index is 2.19. The molecule has 0 bridgehead atoms. The van der Waals surface area contributed by atoms with Gasteiger partial charge in [0.2, 0.25) is 0 Å². The molecule has 0 amide bonds. The average molecular weight is 261 g/mol. The molecule has 3 aromatic rings. The molecular weight excluding hydrogens is 253 g/mol. The molecule has 0 saturated carbocycles. The van der Waals surface area contributed by atoms with Crippen LogP contribution in [-0.4, -0.2) is 15.2 Å². The number of aromatic hydroxyl groups is 2. The predicted molar refractivity (Wildman–Crippen MR) is 68.3 cm³/mol. The van der Waals surface area contributed by atoms with Gasteiger partial charge in [-0.25, -0.2) is 9.37 Å². The van der Waals surface area contributed by atoms with Gasteiger partial charge in [0.1, 0.15) is 22.3 Å². The van der Waals surface area contributed by atoms with E-state index in [1.807, 2.05) is 0 Å². The lowest BCUT2D eigenvalue weighted by atomic mass is 10.2. The maximum Gasteiger partial charge on any atom is 0.125 e. The molecule has 0 aliphatic heterocycles. The van der Waals surface area contributed by atoms with Crippen LogP contribution in [0.5, 0.6) is 11.5 Å². The lowest BCUT2D eigenvalue weighted by Crippen LogP contribution is -1.77. The molecule has 0 aliphatic rings. The molecule has 5 heteroatoms. The van der Waals surface area contributed by atoms with Crippen LogP contribution in [0, 0.1) is 5.82 Å². The summed E-state index contributed by atoms with van der Waals surface area (Å²) in [7, 11) is 0. The van der Waals surface area contributed by atoms with Crippen LogP contribution in [-0.2, 0) is 0 Å². The number of thiazole rings is 1. The van der Waals surface area contributed by atoms with E-state index in [0.29, 0.717) is 16.1 Å². The monoisotopic (exact) mass is 261 g/mol. The second kappa shape index (κ2) is 3.96. The van der Waals surface area contributed by atoms with Crippen LogP contribution in [0.2, 0.25) is 0 Å². The van der Waals surface area contributed by atoms with Crippen molar-refractivity contribution in [1.82, 2.24) is 4.98 Å². The van der Waals surface area contributed by atoms with Crippen LogP contribution in [0.15, 0.2) is 36.4 Å². The lowest BCUT2D eigenvalue weighted by molar-refractivity contribution is 0.451. The number of phenolic OH excluding ortho intramolecular Hbond substituents is 2. The number of fused-ring (bicyclic) bond motifs is 1. The number of rotatable bonds is 1. The standard InChI is InChI=1S/C13H8FNO2S/c14-8-1-2-12-11(5-8)15-13(18-12)7-3-9(16)6-10(17)4-7/h1-6,16-17H. The van der Waals surface area contributed by atoms with Gasteiger partial charge in [-0.2, -0.15) is 0 Å². The maximum atomic E-state index is 13.1. The quantitative estimate of drug-likeness (QED) is 0.704. The highest BCUT2D eigenvalue weighted by Crippen LogP contribution is 2.34. The minimum absolute atomic E-state index is 0.0320. The third-order valence-electron chi connectivity index (χ3n) is 2.50. The molecule has 90 valence electrons. The molecular formula is C13H8FNO2S. The first kappa shape index (κ1) is 11.0. The van der Waals surface area contributed by atoms with Crippen molar-refractivity contribution >= 4 is 21.6 Å². The molecule has 0 unspecified atom stereocenters. The van der Waals surface area contributed by atoms with Gasteiger partial charge in [-0.3, -0.25) is 0 Å². The summed E-state index contributed by atoms with van der Waals surface area (Å²) in [5.41, 5.74) is 1.17. The summed E-state index contributed by atoms with van der Waals surface area (Å²) in [6.07, 6.45) is 0. The van der Waals surface area contributed by atoms with Gasteiger partial charge >= 0.3 is 0 Å². The van der Waals surface area contributed by atoms with Crippen LogP contribution in [0.1, 0.15) is 0 Å². The Morgan fingerprint density at radius 3 is 2.44 bits per heavy atom. The van der Waals surface area contributed by atoms with Crippen molar-refractivity contribution in [3.8, 4) is 22.1 Å². The number of halogens is 1. The summed E-state index contributed by atoms with van der Waals surface area (Å²) < 4.78 is 13.9. The molecule has 2 N–H and O–H groups in total. The highest BCUT2D eigenvalue weighted by Gasteiger charge is 2.09. The predicted octanol–water partition coefficient (Wildman–Crippen LogP) is 3.51. The Bertz CT molecular complexity index is 719. The summed E-state index contributed by atoms with van der Waals surface area (Å²) in [5.74, 6) is -0.399. The van der Waals surface area contributed by atoms with E-state index in [4.69, 9.17) is 0 Å². The molecule has 0 atom stereocenters. The largest absolute Gasteiger partial charge is 0.508 e. The second-order valence-electron chi connectivity index (χ2n) is 3.87. The van der Waals surface area contributed by atoms with Crippen molar-refractivity contribution in [2.75, 3.05) is 0 Å². The van der Waals surface area contributed by atoms with Crippen molar-refractivity contribution in [3.63, 3.8) is 0 Å². The van der Waals surface area contributed by atoms with E-state index in [-0.39, 0.29) is 17.3 Å². The Morgan fingerprint density at radius 2 is 1.72 bits per heavy atom. The van der Waals surface area contributed by atoms with Crippen molar-refractivity contribution in [2.24, 2.45) is 0 Å². The van der Waals surface area contributed by atoms with Crippen molar-refractivity contribution in [3.05, 3.63) is 42.2 Å². The van der Waals surface area contributed by atoms with Gasteiger partial charge in [0, 0.05) is 17.7 Å². The van der Waals surface area contributed by atoms with Gasteiger partial charge < -0.3 is 10.2 Å². The maximum absolute atomic E-state index is 13.1. The molecule has 0 saturated heterocycles. The zero-order valence-electron chi connectivity index (χ0n) is 9.09. The fourth-order valence-corrected chi connectivity index (χ4v) is 2.68. The molecule has 1 aromatic heterocycles. The molecule has 0 spiro atoms. The summed E-state index contributed by atoms with van der Waals surface area (Å²) in [5, 5.41) is 19.5. The van der Waals surface area contributed by atoms with Gasteiger partial charge in [0.05, 0.1) is 10.2 Å². The third kappa shape index (κ3) is 1.89. The van der Waals surface area contributed by atoms with E-state index in [0.717, 1.165) is 4.70 Å². The van der Waals surface area contributed by atoms with Crippen LogP contribution in [0.4, 0.5) is 4.39 Å². The molecule has 0 fully saturated rings. The molecule has 18 heavy (non-hydrogen) atoms. The molecule has 3 nitrogen and oxygen atoms in total. The Morgan fingerprint density at radius 1 is 1.00 bits per heavy atom. The zero-order valence-corrected chi connectivity index (χ0v) is 9.91. The van der Waals surface area contributed by atoms with Gasteiger partial charge in [0.25, 0.3) is 0 Å². The number of benzene rings is 2. The molecule has 0 aliphatic carbocycles. The van der Waals surface area contributed by atoms with Crippen LogP contribution in [0.3, 0.4) is 0 Å². The minimum Gasteiger partial charge on any atom is -0.508 e. The number of hydrogen-bond donors (Lipinski definition) is 2. The van der Waals surface area contributed by atoms with Gasteiger partial charge in [-0.15, -0.1) is 11.3 Å². The Kier molecular flexibility index (Phi) is 2.41. The van der Waals surface area contributed by atoms with Crippen molar-refractivity contribution in [2.45, 2.75) is 0 Å². The Labute approximate surface area is 106 Å². The smallest absolute Gasteiger partial charge is 0.125 e. The normalized spacial score (nSPS) is 10.9. The SMILES string of the molecule is Oc1cc(O)cc(-c2nc3cc(F)ccc3s2)c1. The van der Waals surface area contributed by atoms with E-state index in [1.54, 1.807) is 6.07 Å². The fraction of sp³-hybridized carbons (Fsp3) is 0.